The van der Waals surface area contributed by atoms with Gasteiger partial charge in [0.25, 0.3) is 11.8 Å². The lowest BCUT2D eigenvalue weighted by Gasteiger charge is -2.39. The molecule has 6 amide bonds. The van der Waals surface area contributed by atoms with Crippen LogP contribution in [0.1, 0.15) is 131 Å². The number of likely N-dealkylation sites (tertiary alicyclic amines) is 2. The summed E-state index contributed by atoms with van der Waals surface area (Å²) < 4.78 is 14.3. The predicted octanol–water partition coefficient (Wildman–Crippen LogP) is 6.84. The molecule has 3 fully saturated rings. The number of hydrogen-bond acceptors (Lipinski definition) is 12. The second-order valence-electron chi connectivity index (χ2n) is 18.9. The number of amides is 6. The summed E-state index contributed by atoms with van der Waals surface area (Å²) in [6, 6.07) is 11.9. The molecule has 1 aromatic rings. The summed E-state index contributed by atoms with van der Waals surface area (Å²) in [5.74, 6) is 1.76. The Balaban J connectivity index is 0.000000972. The van der Waals surface area contributed by atoms with Gasteiger partial charge in [-0.1, -0.05) is 109 Å². The third-order valence-corrected chi connectivity index (χ3v) is 14.1. The molecule has 8 unspecified atom stereocenters. The Morgan fingerprint density at radius 3 is 2.00 bits per heavy atom. The number of methoxy groups -OCH3 is 2. The van der Waals surface area contributed by atoms with Gasteiger partial charge in [-0.25, -0.2) is 0 Å². The van der Waals surface area contributed by atoms with Crippen LogP contribution in [0.2, 0.25) is 0 Å². The number of unbranched alkanes of at least 4 members (excludes halogenated alkanes) is 3. The lowest BCUT2D eigenvalue weighted by molar-refractivity contribution is -0.144. The van der Waals surface area contributed by atoms with Crippen LogP contribution in [-0.2, 0) is 43.0 Å². The average Bonchev–Trinajstić information content (AvgIpc) is 4.17. The van der Waals surface area contributed by atoms with E-state index >= 15 is 0 Å². The molecule has 3 heterocycles. The van der Waals surface area contributed by atoms with Gasteiger partial charge in [0, 0.05) is 77.3 Å². The van der Waals surface area contributed by atoms with Crippen LogP contribution in [0.3, 0.4) is 0 Å². The van der Waals surface area contributed by atoms with Crippen molar-refractivity contribution >= 4 is 54.7 Å². The Kier molecular flexibility index (Phi) is 38.0. The van der Waals surface area contributed by atoms with Gasteiger partial charge in [0.2, 0.25) is 24.6 Å². The molecular formula is C54H95N7O9S. The minimum atomic E-state index is -0.432. The molecule has 2 saturated heterocycles. The van der Waals surface area contributed by atoms with E-state index < -0.39 is 6.10 Å². The maximum absolute atomic E-state index is 13.3. The number of aryl methyl sites for hydroxylation is 1. The van der Waals surface area contributed by atoms with Gasteiger partial charge in [0.15, 0.2) is 0 Å². The topological polar surface area (TPSA) is 187 Å². The number of carbonyl (C=O) groups is 7. The molecule has 3 aliphatic heterocycles. The van der Waals surface area contributed by atoms with Crippen LogP contribution in [0.5, 0.6) is 0 Å². The van der Waals surface area contributed by atoms with Crippen LogP contribution in [0.25, 0.3) is 0 Å². The molecule has 17 heteroatoms. The van der Waals surface area contributed by atoms with Crippen molar-refractivity contribution < 1.29 is 43.0 Å². The molecule has 4 aliphatic rings. The smallest absolute Gasteiger partial charge is 0.253 e. The van der Waals surface area contributed by atoms with Crippen molar-refractivity contribution in [3.05, 3.63) is 48.0 Å². The predicted molar refractivity (Wildman–Crippen MR) is 287 cm³/mol. The first kappa shape index (κ1) is 66.8. The van der Waals surface area contributed by atoms with Crippen LogP contribution < -0.4 is 15.4 Å². The van der Waals surface area contributed by atoms with Crippen molar-refractivity contribution in [2.75, 3.05) is 67.3 Å². The highest BCUT2D eigenvalue weighted by atomic mass is 32.2. The fourth-order valence-corrected chi connectivity index (χ4v) is 9.63. The molecule has 0 radical (unpaired) electrons. The number of rotatable bonds is 24. The van der Waals surface area contributed by atoms with Crippen LogP contribution >= 0.6 is 11.9 Å². The molecule has 71 heavy (non-hydrogen) atoms. The largest absolute Gasteiger partial charge is 0.379 e. The summed E-state index contributed by atoms with van der Waals surface area (Å²) in [4.78, 5) is 85.4. The zero-order valence-electron chi connectivity index (χ0n) is 45.9. The first-order valence-corrected chi connectivity index (χ1v) is 26.9. The van der Waals surface area contributed by atoms with Gasteiger partial charge >= 0.3 is 0 Å². The fourth-order valence-electron chi connectivity index (χ4n) is 9.21. The summed E-state index contributed by atoms with van der Waals surface area (Å²) in [6.07, 6.45) is 15.9. The Labute approximate surface area is 433 Å². The Morgan fingerprint density at radius 1 is 0.915 bits per heavy atom. The van der Waals surface area contributed by atoms with E-state index in [0.29, 0.717) is 31.7 Å². The molecular weight excluding hydrogens is 923 g/mol. The third-order valence-electron chi connectivity index (χ3n) is 13.4. The van der Waals surface area contributed by atoms with Crippen molar-refractivity contribution in [3.8, 4) is 0 Å². The fraction of sp³-hybridized carbons (Fsp3) is 0.722. The lowest BCUT2D eigenvalue weighted by atomic mass is 9.90. The highest BCUT2D eigenvalue weighted by Gasteiger charge is 2.41. The second-order valence-corrected chi connectivity index (χ2v) is 20.0. The van der Waals surface area contributed by atoms with Gasteiger partial charge in [-0.15, -0.1) is 0 Å². The first-order valence-electron chi connectivity index (χ1n) is 25.9. The number of piperidine rings is 1. The minimum absolute atomic E-state index is 0.00137. The van der Waals surface area contributed by atoms with Crippen molar-refractivity contribution in [2.24, 2.45) is 17.8 Å². The Hall–Kier alpha value is -4.16. The molecule has 8 atom stereocenters. The quantitative estimate of drug-likeness (QED) is 0.0424. The monoisotopic (exact) mass is 1020 g/mol. The number of hydrogen-bond donors (Lipinski definition) is 3. The molecule has 1 aromatic carbocycles. The van der Waals surface area contributed by atoms with Gasteiger partial charge in [-0.3, -0.25) is 38.4 Å². The Bertz CT molecular complexity index is 1620. The van der Waals surface area contributed by atoms with Gasteiger partial charge < -0.3 is 39.6 Å². The summed E-state index contributed by atoms with van der Waals surface area (Å²) in [5.41, 5.74) is 1.32. The van der Waals surface area contributed by atoms with E-state index in [2.05, 4.69) is 94.8 Å². The number of aldehydes is 1. The van der Waals surface area contributed by atoms with Gasteiger partial charge in [0.1, 0.15) is 6.29 Å². The molecule has 3 N–H and O–H groups in total. The minimum Gasteiger partial charge on any atom is -0.379 e. The van der Waals surface area contributed by atoms with E-state index in [0.717, 1.165) is 81.7 Å². The van der Waals surface area contributed by atoms with Crippen LogP contribution in [0.15, 0.2) is 42.5 Å². The zero-order valence-corrected chi connectivity index (χ0v) is 46.7. The zero-order chi connectivity index (χ0) is 53.7. The van der Waals surface area contributed by atoms with Crippen LogP contribution in [-0.4, -0.2) is 166 Å². The van der Waals surface area contributed by atoms with E-state index in [1.807, 2.05) is 30.1 Å². The van der Waals surface area contributed by atoms with Gasteiger partial charge in [-0.05, 0) is 90.6 Å². The second kappa shape index (κ2) is 40.3. The number of imide groups is 1. The highest BCUT2D eigenvalue weighted by molar-refractivity contribution is 7.97. The number of carbonyl (C=O) groups excluding carboxylic acids is 7. The van der Waals surface area contributed by atoms with Crippen molar-refractivity contribution in [1.82, 2.24) is 35.0 Å². The standard InChI is InChI=1S/C22H41N3O5.C10H13NO3.C8H15N.C7H8.C4H10N2OS.C3H8/c1-8-16(4)21(24(5)20(28)13-23-14-26)18(29-6)12-19(27)25-11-9-10-17(25)22(30-7)15(2)3;12-8-4-2-1-3-7-11-9(13)5-6-10(11)14;1-6-7-3-4-8(5-7)9(6)2;1-7-5-3-2-4-6-7;1-5-8-3-2-6-4-7;1-3-2/h14-18,21-22H,8-13H2,1-7H3,(H,23,26);5-6,8H,1-4,7H2;6-8H,3-5H2,1-2H3;2-6H,1H3;4-5H,2-3H2,1H3,(H,6,7);3H2,1-2H3. The summed E-state index contributed by atoms with van der Waals surface area (Å²) in [6.45, 7) is 18.9. The average molecular weight is 1020 g/mol. The maximum Gasteiger partial charge on any atom is 0.253 e. The number of nitrogens with one attached hydrogen (secondary N) is 3. The number of likely N-dealkylation sites (N-methyl/N-ethyl adjacent to an activating group) is 1. The molecule has 1 saturated carbocycles. The molecule has 1 aliphatic carbocycles. The molecule has 5 rings (SSSR count). The van der Waals surface area contributed by atoms with E-state index in [4.69, 9.17) is 9.47 Å². The lowest BCUT2D eigenvalue weighted by Crippen LogP contribution is -2.53. The molecule has 16 nitrogen and oxygen atoms in total. The molecule has 0 aromatic heterocycles. The van der Waals surface area contributed by atoms with Crippen molar-refractivity contribution in [1.29, 1.82) is 0 Å². The van der Waals surface area contributed by atoms with Gasteiger partial charge in [-0.2, -0.15) is 0 Å². The normalized spacial score (nSPS) is 20.2. The van der Waals surface area contributed by atoms with Gasteiger partial charge in [0.05, 0.1) is 37.3 Å². The van der Waals surface area contributed by atoms with Crippen LogP contribution in [0.4, 0.5) is 0 Å². The molecule has 406 valence electrons. The molecule has 2 bridgehead atoms. The number of fused-ring (bicyclic) bond motifs is 2. The summed E-state index contributed by atoms with van der Waals surface area (Å²) >= 11 is 1.58. The summed E-state index contributed by atoms with van der Waals surface area (Å²) in [5, 5.41) is 4.96. The van der Waals surface area contributed by atoms with Crippen molar-refractivity contribution in [2.45, 2.75) is 169 Å². The van der Waals surface area contributed by atoms with Crippen LogP contribution in [0, 0.1) is 24.7 Å². The number of nitrogens with zero attached hydrogens (tertiary/aromatic N) is 4. The maximum atomic E-state index is 13.3. The third kappa shape index (κ3) is 25.9. The molecule has 0 spiro atoms. The van der Waals surface area contributed by atoms with E-state index in [1.54, 1.807) is 38.1 Å². The van der Waals surface area contributed by atoms with E-state index in [9.17, 15) is 33.6 Å². The number of benzene rings is 1. The summed E-state index contributed by atoms with van der Waals surface area (Å²) in [7, 11) is 9.12. The Morgan fingerprint density at radius 2 is 1.55 bits per heavy atom. The number of ether oxygens (including phenoxy) is 2. The highest BCUT2D eigenvalue weighted by Crippen LogP contribution is 2.40. The van der Waals surface area contributed by atoms with Crippen molar-refractivity contribution in [3.63, 3.8) is 0 Å². The van der Waals surface area contributed by atoms with E-state index in [1.165, 1.54) is 48.3 Å². The van der Waals surface area contributed by atoms with E-state index in [-0.39, 0.29) is 60.7 Å². The first-order chi connectivity index (χ1) is 34.0. The SMILES string of the molecule is CC1C2CCC(C2)N1C.CCC.CCC(C)C(C(CC(=O)N1CCCC1C(OC)C(C)C)OC)N(C)C(=O)CNC=O.CNSCCNC=O.Cc1ccccc1.O=CCCCCCN1C(=O)C=CC1=O.